The number of aromatic nitrogens is 2. The summed E-state index contributed by atoms with van der Waals surface area (Å²) in [7, 11) is 1.56. The lowest BCUT2D eigenvalue weighted by Gasteiger charge is -2.15. The molecule has 0 spiro atoms. The highest BCUT2D eigenvalue weighted by Crippen LogP contribution is 2.28. The van der Waals surface area contributed by atoms with E-state index in [1.54, 1.807) is 26.2 Å². The molecule has 7 heteroatoms. The quantitative estimate of drug-likeness (QED) is 0.713. The maximum atomic E-state index is 12.4. The molecule has 1 amide bonds. The Kier molecular flexibility index (Phi) is 5.48. The molecule has 0 fully saturated rings. The maximum absolute atomic E-state index is 12.4. The molecule has 26 heavy (non-hydrogen) atoms. The van der Waals surface area contributed by atoms with Crippen LogP contribution in [0, 0.1) is 6.92 Å². The number of nitrogens with one attached hydrogen (secondary N) is 1. The zero-order valence-corrected chi connectivity index (χ0v) is 15.5. The minimum atomic E-state index is -0.710. The molecule has 0 unspecified atom stereocenters. The van der Waals surface area contributed by atoms with E-state index in [-0.39, 0.29) is 5.91 Å². The molecule has 0 aliphatic heterocycles. The Morgan fingerprint density at radius 2 is 1.77 bits per heavy atom. The van der Waals surface area contributed by atoms with Gasteiger partial charge in [-0.2, -0.15) is 0 Å². The molecule has 1 atom stereocenters. The van der Waals surface area contributed by atoms with E-state index in [0.717, 1.165) is 10.6 Å². The Labute approximate surface area is 155 Å². The first-order valence-electron chi connectivity index (χ1n) is 8.08. The van der Waals surface area contributed by atoms with E-state index in [1.165, 1.54) is 16.9 Å². The molecule has 3 aromatic rings. The summed E-state index contributed by atoms with van der Waals surface area (Å²) in [6.07, 6.45) is -0.710. The summed E-state index contributed by atoms with van der Waals surface area (Å²) in [6, 6.07) is 15.2. The van der Waals surface area contributed by atoms with Crippen LogP contribution < -0.4 is 14.8 Å². The standard InChI is InChI=1S/C19H19N3O3S/c1-12-8-10-14(11-9-12)18-21-22-19(26-18)20-17(23)13(2)25-16-7-5-4-6-15(16)24-3/h4-11,13H,1-3H3,(H,20,22,23)/t13-/m1/s1. The maximum Gasteiger partial charge on any atom is 0.266 e. The number of carbonyl (C=O) groups excluding carboxylic acids is 1. The summed E-state index contributed by atoms with van der Waals surface area (Å²) < 4.78 is 10.9. The SMILES string of the molecule is COc1ccccc1O[C@H](C)C(=O)Nc1nnc(-c2ccc(C)cc2)s1. The van der Waals surface area contributed by atoms with E-state index in [4.69, 9.17) is 9.47 Å². The monoisotopic (exact) mass is 369 g/mol. The number of rotatable bonds is 6. The first kappa shape index (κ1) is 17.9. The predicted octanol–water partition coefficient (Wildman–Crippen LogP) is 3.93. The van der Waals surface area contributed by atoms with Gasteiger partial charge in [-0.1, -0.05) is 53.3 Å². The van der Waals surface area contributed by atoms with Crippen molar-refractivity contribution in [3.63, 3.8) is 0 Å². The fraction of sp³-hybridized carbons (Fsp3) is 0.211. The van der Waals surface area contributed by atoms with E-state index < -0.39 is 6.10 Å². The minimum Gasteiger partial charge on any atom is -0.493 e. The zero-order valence-electron chi connectivity index (χ0n) is 14.7. The summed E-state index contributed by atoms with van der Waals surface area (Å²) in [5.74, 6) is 0.780. The summed E-state index contributed by atoms with van der Waals surface area (Å²) in [6.45, 7) is 3.70. The molecule has 2 aromatic carbocycles. The summed E-state index contributed by atoms with van der Waals surface area (Å²) >= 11 is 1.32. The first-order valence-corrected chi connectivity index (χ1v) is 8.89. The highest BCUT2D eigenvalue weighted by molar-refractivity contribution is 7.18. The number of amides is 1. The highest BCUT2D eigenvalue weighted by Gasteiger charge is 2.18. The molecule has 0 radical (unpaired) electrons. The smallest absolute Gasteiger partial charge is 0.266 e. The normalized spacial score (nSPS) is 11.7. The molecule has 0 aliphatic rings. The number of nitrogens with zero attached hydrogens (tertiary/aromatic N) is 2. The van der Waals surface area contributed by atoms with Gasteiger partial charge in [-0.3, -0.25) is 10.1 Å². The van der Waals surface area contributed by atoms with Crippen LogP contribution in [-0.4, -0.2) is 29.3 Å². The van der Waals surface area contributed by atoms with Gasteiger partial charge in [0.25, 0.3) is 5.91 Å². The zero-order chi connectivity index (χ0) is 18.5. The molecule has 6 nitrogen and oxygen atoms in total. The third kappa shape index (κ3) is 4.18. The topological polar surface area (TPSA) is 73.3 Å². The number of aryl methyl sites for hydroxylation is 1. The van der Waals surface area contributed by atoms with Crippen LogP contribution in [0.25, 0.3) is 10.6 Å². The van der Waals surface area contributed by atoms with Crippen LogP contribution in [-0.2, 0) is 4.79 Å². The van der Waals surface area contributed by atoms with Crippen molar-refractivity contribution in [3.8, 4) is 22.1 Å². The van der Waals surface area contributed by atoms with Crippen molar-refractivity contribution in [3.05, 3.63) is 54.1 Å². The van der Waals surface area contributed by atoms with Gasteiger partial charge >= 0.3 is 0 Å². The Morgan fingerprint density at radius 3 is 2.46 bits per heavy atom. The van der Waals surface area contributed by atoms with E-state index in [2.05, 4.69) is 15.5 Å². The number of methoxy groups -OCH3 is 1. The second kappa shape index (κ2) is 7.97. The highest BCUT2D eigenvalue weighted by atomic mass is 32.1. The van der Waals surface area contributed by atoms with Crippen molar-refractivity contribution in [2.45, 2.75) is 20.0 Å². The van der Waals surface area contributed by atoms with Gasteiger partial charge in [-0.25, -0.2) is 0 Å². The van der Waals surface area contributed by atoms with Crippen LogP contribution in [0.5, 0.6) is 11.5 Å². The third-order valence-electron chi connectivity index (χ3n) is 3.70. The van der Waals surface area contributed by atoms with Gasteiger partial charge in [0, 0.05) is 5.56 Å². The molecule has 3 rings (SSSR count). The van der Waals surface area contributed by atoms with Crippen LogP contribution in [0.1, 0.15) is 12.5 Å². The predicted molar refractivity (Wildman–Crippen MR) is 102 cm³/mol. The van der Waals surface area contributed by atoms with Crippen molar-refractivity contribution in [2.75, 3.05) is 12.4 Å². The molecular formula is C19H19N3O3S. The number of para-hydroxylation sites is 2. The molecule has 0 bridgehead atoms. The number of hydrogen-bond donors (Lipinski definition) is 1. The fourth-order valence-electron chi connectivity index (χ4n) is 2.25. The van der Waals surface area contributed by atoms with Crippen molar-refractivity contribution >= 4 is 22.4 Å². The van der Waals surface area contributed by atoms with Crippen molar-refractivity contribution in [1.82, 2.24) is 10.2 Å². The van der Waals surface area contributed by atoms with E-state index >= 15 is 0 Å². The first-order chi connectivity index (χ1) is 12.6. The Hall–Kier alpha value is -2.93. The van der Waals surface area contributed by atoms with Crippen molar-refractivity contribution < 1.29 is 14.3 Å². The molecule has 1 N–H and O–H groups in total. The van der Waals surface area contributed by atoms with Gasteiger partial charge in [0.15, 0.2) is 17.6 Å². The molecule has 0 saturated carbocycles. The second-order valence-corrected chi connectivity index (χ2v) is 6.66. The average molecular weight is 369 g/mol. The largest absolute Gasteiger partial charge is 0.493 e. The van der Waals surface area contributed by atoms with E-state index in [1.807, 2.05) is 43.3 Å². The number of hydrogen-bond acceptors (Lipinski definition) is 6. The van der Waals surface area contributed by atoms with Gasteiger partial charge < -0.3 is 9.47 Å². The van der Waals surface area contributed by atoms with E-state index in [0.29, 0.717) is 16.6 Å². The fourth-order valence-corrected chi connectivity index (χ4v) is 3.01. The molecule has 0 saturated heterocycles. The van der Waals surface area contributed by atoms with Gasteiger partial charge in [-0.15, -0.1) is 10.2 Å². The second-order valence-electron chi connectivity index (χ2n) is 5.68. The summed E-state index contributed by atoms with van der Waals surface area (Å²) in [4.78, 5) is 12.4. The molecule has 0 aliphatic carbocycles. The lowest BCUT2D eigenvalue weighted by Crippen LogP contribution is -2.30. The van der Waals surface area contributed by atoms with Gasteiger partial charge in [0.2, 0.25) is 5.13 Å². The number of anilines is 1. The average Bonchev–Trinajstić information content (AvgIpc) is 3.11. The van der Waals surface area contributed by atoms with E-state index in [9.17, 15) is 4.79 Å². The third-order valence-corrected chi connectivity index (χ3v) is 4.58. The number of benzene rings is 2. The van der Waals surface area contributed by atoms with Crippen LogP contribution in [0.4, 0.5) is 5.13 Å². The van der Waals surface area contributed by atoms with Crippen LogP contribution in [0.2, 0.25) is 0 Å². The van der Waals surface area contributed by atoms with Crippen molar-refractivity contribution in [1.29, 1.82) is 0 Å². The van der Waals surface area contributed by atoms with Gasteiger partial charge in [0.1, 0.15) is 5.01 Å². The lowest BCUT2D eigenvalue weighted by atomic mass is 10.2. The molecule has 134 valence electrons. The molecule has 1 aromatic heterocycles. The molecule has 1 heterocycles. The number of carbonyl (C=O) groups is 1. The lowest BCUT2D eigenvalue weighted by molar-refractivity contribution is -0.122. The van der Waals surface area contributed by atoms with Crippen molar-refractivity contribution in [2.24, 2.45) is 0 Å². The Bertz CT molecular complexity index is 893. The number of ether oxygens (including phenoxy) is 2. The summed E-state index contributed by atoms with van der Waals surface area (Å²) in [5.41, 5.74) is 2.14. The van der Waals surface area contributed by atoms with Crippen LogP contribution in [0.15, 0.2) is 48.5 Å². The minimum absolute atomic E-state index is 0.303. The molecular weight excluding hydrogens is 350 g/mol. The Morgan fingerprint density at radius 1 is 1.08 bits per heavy atom. The van der Waals surface area contributed by atoms with Gasteiger partial charge in [-0.05, 0) is 26.0 Å². The summed E-state index contributed by atoms with van der Waals surface area (Å²) in [5, 5.41) is 12.1. The van der Waals surface area contributed by atoms with Gasteiger partial charge in [0.05, 0.1) is 7.11 Å². The Balaban J connectivity index is 1.65. The van der Waals surface area contributed by atoms with Crippen LogP contribution >= 0.6 is 11.3 Å². The van der Waals surface area contributed by atoms with Crippen LogP contribution in [0.3, 0.4) is 0 Å².